The standard InChI is InChI=1S/C12H12N2O4/c1-2-3-4-7-13-12(16)9-5-6-10(14(17)18)11(15)8-9/h5-6,8,15H,4,7H2,1H3,(H,13,16). The molecule has 18 heavy (non-hydrogen) atoms. The number of nitrogens with one attached hydrogen (secondary N) is 1. The normalized spacial score (nSPS) is 9.17. The van der Waals surface area contributed by atoms with E-state index >= 15 is 0 Å². The van der Waals surface area contributed by atoms with Crippen LogP contribution in [0.4, 0.5) is 5.69 Å². The van der Waals surface area contributed by atoms with Crippen molar-refractivity contribution in [1.29, 1.82) is 0 Å². The average Bonchev–Trinajstić information content (AvgIpc) is 2.33. The Hall–Kier alpha value is -2.55. The number of phenols is 1. The summed E-state index contributed by atoms with van der Waals surface area (Å²) in [6.07, 6.45) is 0.529. The van der Waals surface area contributed by atoms with E-state index in [1.807, 2.05) is 0 Å². The molecule has 0 saturated carbocycles. The van der Waals surface area contributed by atoms with E-state index in [1.54, 1.807) is 6.92 Å². The number of nitro benzene ring substituents is 1. The molecule has 6 heteroatoms. The van der Waals surface area contributed by atoms with Crippen LogP contribution < -0.4 is 5.32 Å². The maximum absolute atomic E-state index is 11.6. The van der Waals surface area contributed by atoms with Gasteiger partial charge in [-0.25, -0.2) is 0 Å². The molecular formula is C12H12N2O4. The van der Waals surface area contributed by atoms with Crippen molar-refractivity contribution in [3.8, 4) is 17.6 Å². The van der Waals surface area contributed by atoms with Gasteiger partial charge in [-0.2, -0.15) is 0 Å². The molecule has 0 saturated heterocycles. The molecule has 0 aliphatic carbocycles. The summed E-state index contributed by atoms with van der Waals surface area (Å²) in [6.45, 7) is 2.09. The molecule has 0 spiro atoms. The molecule has 0 atom stereocenters. The van der Waals surface area contributed by atoms with Gasteiger partial charge in [0.2, 0.25) is 0 Å². The lowest BCUT2D eigenvalue weighted by Crippen LogP contribution is -2.24. The minimum Gasteiger partial charge on any atom is -0.502 e. The lowest BCUT2D eigenvalue weighted by atomic mass is 10.2. The van der Waals surface area contributed by atoms with E-state index in [0.717, 1.165) is 12.1 Å². The number of aromatic hydroxyl groups is 1. The fourth-order valence-electron chi connectivity index (χ4n) is 1.28. The zero-order valence-electron chi connectivity index (χ0n) is 9.77. The van der Waals surface area contributed by atoms with Gasteiger partial charge in [0.15, 0.2) is 5.75 Å². The smallest absolute Gasteiger partial charge is 0.310 e. The van der Waals surface area contributed by atoms with Gasteiger partial charge in [0.1, 0.15) is 0 Å². The molecule has 0 bridgehead atoms. The highest BCUT2D eigenvalue weighted by Crippen LogP contribution is 2.25. The van der Waals surface area contributed by atoms with Gasteiger partial charge in [0, 0.05) is 24.6 Å². The van der Waals surface area contributed by atoms with Gasteiger partial charge in [0.25, 0.3) is 5.91 Å². The monoisotopic (exact) mass is 248 g/mol. The molecule has 2 N–H and O–H groups in total. The summed E-state index contributed by atoms with van der Waals surface area (Å²) < 4.78 is 0. The lowest BCUT2D eigenvalue weighted by molar-refractivity contribution is -0.385. The molecule has 0 fully saturated rings. The average molecular weight is 248 g/mol. The Morgan fingerprint density at radius 2 is 2.28 bits per heavy atom. The molecule has 1 amide bonds. The maximum Gasteiger partial charge on any atom is 0.310 e. The van der Waals surface area contributed by atoms with Crippen LogP contribution in [0.15, 0.2) is 18.2 Å². The fraction of sp³-hybridized carbons (Fsp3) is 0.250. The van der Waals surface area contributed by atoms with Crippen molar-refractivity contribution in [2.45, 2.75) is 13.3 Å². The summed E-state index contributed by atoms with van der Waals surface area (Å²) in [5.41, 5.74) is -0.258. The fourth-order valence-corrected chi connectivity index (χ4v) is 1.28. The number of carbonyl (C=O) groups is 1. The molecule has 0 radical (unpaired) electrons. The predicted octanol–water partition coefficient (Wildman–Crippen LogP) is 1.44. The highest BCUT2D eigenvalue weighted by Gasteiger charge is 2.15. The van der Waals surface area contributed by atoms with Crippen molar-refractivity contribution < 1.29 is 14.8 Å². The second-order valence-electron chi connectivity index (χ2n) is 3.39. The zero-order chi connectivity index (χ0) is 13.5. The number of benzene rings is 1. The second kappa shape index (κ2) is 6.25. The summed E-state index contributed by atoms with van der Waals surface area (Å²) in [7, 11) is 0. The Balaban J connectivity index is 2.71. The summed E-state index contributed by atoms with van der Waals surface area (Å²) in [5, 5.41) is 22.4. The molecule has 0 heterocycles. The van der Waals surface area contributed by atoms with Gasteiger partial charge in [-0.3, -0.25) is 14.9 Å². The molecule has 1 aromatic rings. The SMILES string of the molecule is CC#CCCNC(=O)c1ccc([N+](=O)[O-])c(O)c1. The largest absolute Gasteiger partial charge is 0.502 e. The van der Waals surface area contributed by atoms with Crippen molar-refractivity contribution in [3.05, 3.63) is 33.9 Å². The van der Waals surface area contributed by atoms with Gasteiger partial charge in [0.05, 0.1) is 4.92 Å². The van der Waals surface area contributed by atoms with E-state index in [4.69, 9.17) is 0 Å². The van der Waals surface area contributed by atoms with Crippen LogP contribution in [-0.4, -0.2) is 22.5 Å². The highest BCUT2D eigenvalue weighted by atomic mass is 16.6. The van der Waals surface area contributed by atoms with Crippen LogP contribution in [-0.2, 0) is 0 Å². The number of phenolic OH excluding ortho intramolecular Hbond substituents is 1. The second-order valence-corrected chi connectivity index (χ2v) is 3.39. The van der Waals surface area contributed by atoms with E-state index in [9.17, 15) is 20.0 Å². The van der Waals surface area contributed by atoms with Crippen LogP contribution in [0.3, 0.4) is 0 Å². The predicted molar refractivity (Wildman–Crippen MR) is 65.2 cm³/mol. The Morgan fingerprint density at radius 3 is 2.83 bits per heavy atom. The van der Waals surface area contributed by atoms with Crippen molar-refractivity contribution in [2.75, 3.05) is 6.54 Å². The summed E-state index contributed by atoms with van der Waals surface area (Å²) in [4.78, 5) is 21.4. The van der Waals surface area contributed by atoms with E-state index < -0.39 is 22.3 Å². The number of hydrogen-bond acceptors (Lipinski definition) is 4. The van der Waals surface area contributed by atoms with Crippen molar-refractivity contribution in [3.63, 3.8) is 0 Å². The molecule has 0 aromatic heterocycles. The van der Waals surface area contributed by atoms with Crippen molar-refractivity contribution in [1.82, 2.24) is 5.32 Å². The molecule has 0 unspecified atom stereocenters. The molecule has 94 valence electrons. The van der Waals surface area contributed by atoms with Crippen LogP contribution in [0.25, 0.3) is 0 Å². The topological polar surface area (TPSA) is 92.5 Å². The number of hydrogen-bond donors (Lipinski definition) is 2. The Labute approximate surface area is 104 Å². The van der Waals surface area contributed by atoms with Gasteiger partial charge >= 0.3 is 5.69 Å². The van der Waals surface area contributed by atoms with E-state index in [1.165, 1.54) is 6.07 Å². The number of carbonyl (C=O) groups excluding carboxylic acids is 1. The maximum atomic E-state index is 11.6. The first kappa shape index (κ1) is 13.5. The molecule has 0 aliphatic heterocycles. The van der Waals surface area contributed by atoms with Crippen LogP contribution in [0.2, 0.25) is 0 Å². The zero-order valence-corrected chi connectivity index (χ0v) is 9.77. The van der Waals surface area contributed by atoms with Crippen LogP contribution >= 0.6 is 0 Å². The minimum absolute atomic E-state index is 0.169. The van der Waals surface area contributed by atoms with E-state index in [-0.39, 0.29) is 5.56 Å². The first-order valence-electron chi connectivity index (χ1n) is 5.21. The van der Waals surface area contributed by atoms with E-state index in [2.05, 4.69) is 17.2 Å². The first-order valence-corrected chi connectivity index (χ1v) is 5.21. The number of amides is 1. The molecule has 1 rings (SSSR count). The van der Waals surface area contributed by atoms with Crippen LogP contribution in [0.1, 0.15) is 23.7 Å². The number of nitro groups is 1. The molecular weight excluding hydrogens is 236 g/mol. The molecule has 6 nitrogen and oxygen atoms in total. The molecule has 1 aromatic carbocycles. The van der Waals surface area contributed by atoms with Gasteiger partial charge in [-0.1, -0.05) is 0 Å². The number of nitrogens with zero attached hydrogens (tertiary/aromatic N) is 1. The Kier molecular flexibility index (Phi) is 4.69. The lowest BCUT2D eigenvalue weighted by Gasteiger charge is -2.03. The highest BCUT2D eigenvalue weighted by molar-refractivity contribution is 5.95. The van der Waals surface area contributed by atoms with Crippen LogP contribution in [0.5, 0.6) is 5.75 Å². The van der Waals surface area contributed by atoms with Gasteiger partial charge in [-0.05, 0) is 19.1 Å². The Bertz CT molecular complexity index is 529. The summed E-state index contributed by atoms with van der Waals surface area (Å²) in [5.74, 6) is 4.55. The van der Waals surface area contributed by atoms with Crippen molar-refractivity contribution >= 4 is 11.6 Å². The third-order valence-electron chi connectivity index (χ3n) is 2.15. The number of rotatable bonds is 4. The van der Waals surface area contributed by atoms with Gasteiger partial charge in [-0.15, -0.1) is 11.8 Å². The van der Waals surface area contributed by atoms with Crippen LogP contribution in [0, 0.1) is 22.0 Å². The van der Waals surface area contributed by atoms with Gasteiger partial charge < -0.3 is 10.4 Å². The molecule has 0 aliphatic rings. The van der Waals surface area contributed by atoms with E-state index in [0.29, 0.717) is 13.0 Å². The minimum atomic E-state index is -0.714. The van der Waals surface area contributed by atoms with Crippen molar-refractivity contribution in [2.24, 2.45) is 0 Å². The third-order valence-corrected chi connectivity index (χ3v) is 2.15. The Morgan fingerprint density at radius 1 is 1.56 bits per heavy atom. The third kappa shape index (κ3) is 3.49. The quantitative estimate of drug-likeness (QED) is 0.365. The first-order chi connectivity index (χ1) is 8.56. The summed E-state index contributed by atoms with van der Waals surface area (Å²) >= 11 is 0. The summed E-state index contributed by atoms with van der Waals surface area (Å²) in [6, 6.07) is 3.45.